The highest BCUT2D eigenvalue weighted by Crippen LogP contribution is 2.24. The van der Waals surface area contributed by atoms with Gasteiger partial charge in [-0.3, -0.25) is 0 Å². The number of benzene rings is 1. The van der Waals surface area contributed by atoms with Gasteiger partial charge in [0.05, 0.1) is 5.69 Å². The Hall–Kier alpha value is -2.03. The Morgan fingerprint density at radius 1 is 1.28 bits per heavy atom. The zero-order valence-corrected chi connectivity index (χ0v) is 10.9. The Bertz CT molecular complexity index is 535. The summed E-state index contributed by atoms with van der Waals surface area (Å²) in [7, 11) is 0. The molecule has 0 bridgehead atoms. The highest BCUT2D eigenvalue weighted by atomic mass is 15.0. The van der Waals surface area contributed by atoms with Gasteiger partial charge in [0.1, 0.15) is 0 Å². The van der Waals surface area contributed by atoms with Crippen LogP contribution in [0.1, 0.15) is 24.5 Å². The lowest BCUT2D eigenvalue weighted by atomic mass is 10.1. The van der Waals surface area contributed by atoms with Gasteiger partial charge in [-0.25, -0.2) is 4.98 Å². The number of para-hydroxylation sites is 1. The summed E-state index contributed by atoms with van der Waals surface area (Å²) >= 11 is 0. The SMILES string of the molecule is CCCc1ccccc1Nc1ncc(C)cc1N. The Labute approximate surface area is 108 Å². The number of rotatable bonds is 4. The molecule has 0 saturated heterocycles. The standard InChI is InChI=1S/C15H19N3/c1-3-6-12-7-4-5-8-14(12)18-15-13(16)9-11(2)10-17-15/h4-5,7-10H,3,6,16H2,1-2H3,(H,17,18). The van der Waals surface area contributed by atoms with Gasteiger partial charge in [-0.1, -0.05) is 31.5 Å². The normalized spacial score (nSPS) is 10.3. The van der Waals surface area contributed by atoms with Gasteiger partial charge < -0.3 is 11.1 Å². The third-order valence-corrected chi connectivity index (χ3v) is 2.84. The second-order valence-corrected chi connectivity index (χ2v) is 4.48. The predicted molar refractivity (Wildman–Crippen MR) is 77.1 cm³/mol. The average molecular weight is 241 g/mol. The van der Waals surface area contributed by atoms with E-state index in [1.165, 1.54) is 5.56 Å². The van der Waals surface area contributed by atoms with Gasteiger partial charge in [0.15, 0.2) is 5.82 Å². The largest absolute Gasteiger partial charge is 0.396 e. The van der Waals surface area contributed by atoms with Crippen molar-refractivity contribution in [3.8, 4) is 0 Å². The Morgan fingerprint density at radius 2 is 2.06 bits per heavy atom. The van der Waals surface area contributed by atoms with Gasteiger partial charge >= 0.3 is 0 Å². The van der Waals surface area contributed by atoms with Crippen molar-refractivity contribution in [3.05, 3.63) is 47.7 Å². The molecule has 3 heteroatoms. The molecule has 0 radical (unpaired) electrons. The van der Waals surface area contributed by atoms with Gasteiger partial charge in [0, 0.05) is 11.9 Å². The first-order valence-corrected chi connectivity index (χ1v) is 6.27. The van der Waals surface area contributed by atoms with Crippen LogP contribution >= 0.6 is 0 Å². The Kier molecular flexibility index (Phi) is 3.82. The van der Waals surface area contributed by atoms with E-state index >= 15 is 0 Å². The lowest BCUT2D eigenvalue weighted by Crippen LogP contribution is -2.01. The summed E-state index contributed by atoms with van der Waals surface area (Å²) in [5, 5.41) is 3.32. The van der Waals surface area contributed by atoms with Gasteiger partial charge in [-0.2, -0.15) is 0 Å². The summed E-state index contributed by atoms with van der Waals surface area (Å²) in [5.41, 5.74) is 10.1. The summed E-state index contributed by atoms with van der Waals surface area (Å²) in [6, 6.07) is 10.2. The number of nitrogen functional groups attached to an aromatic ring is 1. The number of nitrogens with zero attached hydrogens (tertiary/aromatic N) is 1. The molecule has 18 heavy (non-hydrogen) atoms. The minimum Gasteiger partial charge on any atom is -0.396 e. The van der Waals surface area contributed by atoms with Crippen molar-refractivity contribution in [2.45, 2.75) is 26.7 Å². The number of hydrogen-bond acceptors (Lipinski definition) is 3. The van der Waals surface area contributed by atoms with Crippen LogP contribution < -0.4 is 11.1 Å². The van der Waals surface area contributed by atoms with E-state index in [4.69, 9.17) is 5.73 Å². The van der Waals surface area contributed by atoms with Crippen molar-refractivity contribution in [1.82, 2.24) is 4.98 Å². The maximum atomic E-state index is 5.97. The molecule has 1 heterocycles. The molecule has 0 aliphatic heterocycles. The number of pyridine rings is 1. The van der Waals surface area contributed by atoms with Crippen LogP contribution in [0.3, 0.4) is 0 Å². The van der Waals surface area contributed by atoms with Crippen LogP contribution in [0, 0.1) is 6.92 Å². The molecule has 3 nitrogen and oxygen atoms in total. The summed E-state index contributed by atoms with van der Waals surface area (Å²) in [5.74, 6) is 0.726. The van der Waals surface area contributed by atoms with Crippen molar-refractivity contribution < 1.29 is 0 Å². The monoisotopic (exact) mass is 241 g/mol. The molecule has 0 atom stereocenters. The van der Waals surface area contributed by atoms with Gasteiger partial charge in [0.2, 0.25) is 0 Å². The van der Waals surface area contributed by atoms with Crippen LogP contribution in [0.5, 0.6) is 0 Å². The van der Waals surface area contributed by atoms with Crippen LogP contribution in [-0.2, 0) is 6.42 Å². The quantitative estimate of drug-likeness (QED) is 0.858. The van der Waals surface area contributed by atoms with Crippen molar-refractivity contribution in [2.24, 2.45) is 0 Å². The highest BCUT2D eigenvalue weighted by Gasteiger charge is 2.05. The first-order chi connectivity index (χ1) is 8.70. The third-order valence-electron chi connectivity index (χ3n) is 2.84. The number of aromatic nitrogens is 1. The van der Waals surface area contributed by atoms with Gasteiger partial charge in [-0.05, 0) is 36.6 Å². The summed E-state index contributed by atoms with van der Waals surface area (Å²) in [6.07, 6.45) is 3.99. The van der Waals surface area contributed by atoms with E-state index in [2.05, 4.69) is 35.4 Å². The molecule has 0 amide bonds. The Morgan fingerprint density at radius 3 is 2.78 bits per heavy atom. The molecule has 0 aliphatic rings. The number of anilines is 3. The smallest absolute Gasteiger partial charge is 0.153 e. The van der Waals surface area contributed by atoms with Crippen molar-refractivity contribution in [3.63, 3.8) is 0 Å². The van der Waals surface area contributed by atoms with Gasteiger partial charge in [0.25, 0.3) is 0 Å². The van der Waals surface area contributed by atoms with E-state index in [0.717, 1.165) is 29.9 Å². The molecule has 0 unspecified atom stereocenters. The average Bonchev–Trinajstić information content (AvgIpc) is 2.35. The maximum absolute atomic E-state index is 5.97. The topological polar surface area (TPSA) is 50.9 Å². The summed E-state index contributed by atoms with van der Waals surface area (Å²) in [4.78, 5) is 4.34. The lowest BCUT2D eigenvalue weighted by Gasteiger charge is -2.12. The van der Waals surface area contributed by atoms with E-state index in [9.17, 15) is 0 Å². The number of nitrogens with one attached hydrogen (secondary N) is 1. The number of hydrogen-bond donors (Lipinski definition) is 2. The van der Waals surface area contributed by atoms with E-state index in [1.54, 1.807) is 0 Å². The van der Waals surface area contributed by atoms with Crippen molar-refractivity contribution >= 4 is 17.2 Å². The molecule has 0 aliphatic carbocycles. The Balaban J connectivity index is 2.28. The van der Waals surface area contributed by atoms with Crippen LogP contribution in [-0.4, -0.2) is 4.98 Å². The molecule has 0 spiro atoms. The number of aryl methyl sites for hydroxylation is 2. The summed E-state index contributed by atoms with van der Waals surface area (Å²) < 4.78 is 0. The first kappa shape index (κ1) is 12.4. The van der Waals surface area contributed by atoms with Gasteiger partial charge in [-0.15, -0.1) is 0 Å². The van der Waals surface area contributed by atoms with Crippen molar-refractivity contribution in [2.75, 3.05) is 11.1 Å². The van der Waals surface area contributed by atoms with E-state index in [0.29, 0.717) is 5.69 Å². The molecule has 2 rings (SSSR count). The minimum atomic E-state index is 0.682. The fourth-order valence-electron chi connectivity index (χ4n) is 1.95. The molecular formula is C15H19N3. The molecule has 0 fully saturated rings. The van der Waals surface area contributed by atoms with Crippen LogP contribution in [0.25, 0.3) is 0 Å². The first-order valence-electron chi connectivity index (χ1n) is 6.27. The molecule has 1 aromatic heterocycles. The second kappa shape index (κ2) is 5.54. The fraction of sp³-hybridized carbons (Fsp3) is 0.267. The molecule has 3 N–H and O–H groups in total. The van der Waals surface area contributed by atoms with Crippen LogP contribution in [0.4, 0.5) is 17.2 Å². The zero-order chi connectivity index (χ0) is 13.0. The van der Waals surface area contributed by atoms with E-state index in [1.807, 2.05) is 25.3 Å². The molecule has 2 aromatic rings. The minimum absolute atomic E-state index is 0.682. The number of nitrogens with two attached hydrogens (primary N) is 1. The molecule has 94 valence electrons. The zero-order valence-electron chi connectivity index (χ0n) is 10.9. The maximum Gasteiger partial charge on any atom is 0.153 e. The third kappa shape index (κ3) is 2.80. The second-order valence-electron chi connectivity index (χ2n) is 4.48. The van der Waals surface area contributed by atoms with E-state index < -0.39 is 0 Å². The van der Waals surface area contributed by atoms with Crippen LogP contribution in [0.2, 0.25) is 0 Å². The van der Waals surface area contributed by atoms with Crippen LogP contribution in [0.15, 0.2) is 36.5 Å². The van der Waals surface area contributed by atoms with Crippen molar-refractivity contribution in [1.29, 1.82) is 0 Å². The summed E-state index contributed by atoms with van der Waals surface area (Å²) in [6.45, 7) is 4.16. The lowest BCUT2D eigenvalue weighted by molar-refractivity contribution is 0.923. The highest BCUT2D eigenvalue weighted by molar-refractivity contribution is 5.70. The molecule has 1 aromatic carbocycles. The predicted octanol–water partition coefficient (Wildman–Crippen LogP) is 3.67. The molecular weight excluding hydrogens is 222 g/mol. The van der Waals surface area contributed by atoms with E-state index in [-0.39, 0.29) is 0 Å². The molecule has 0 saturated carbocycles. The fourth-order valence-corrected chi connectivity index (χ4v) is 1.95.